The molecule has 0 aromatic heterocycles. The fourth-order valence-electron chi connectivity index (χ4n) is 4.84. The van der Waals surface area contributed by atoms with Crippen molar-refractivity contribution in [3.8, 4) is 0 Å². The lowest BCUT2D eigenvalue weighted by Crippen LogP contribution is -2.46. The summed E-state index contributed by atoms with van der Waals surface area (Å²) in [6, 6.07) is 16.3. The lowest BCUT2D eigenvalue weighted by atomic mass is 9.78. The minimum atomic E-state index is -1.11. The van der Waals surface area contributed by atoms with E-state index in [0.29, 0.717) is 18.5 Å². The number of carbonyl (C=O) groups excluding carboxylic acids is 2. The van der Waals surface area contributed by atoms with E-state index in [4.69, 9.17) is 0 Å². The number of aliphatic carboxylic acids is 1. The number of para-hydroxylation sites is 1. The van der Waals surface area contributed by atoms with Crippen molar-refractivity contribution in [2.45, 2.75) is 32.6 Å². The third-order valence-corrected chi connectivity index (χ3v) is 6.64. The molecule has 6 nitrogen and oxygen atoms in total. The molecule has 2 atom stereocenters. The Labute approximate surface area is 183 Å². The van der Waals surface area contributed by atoms with Crippen molar-refractivity contribution < 1.29 is 14.7 Å². The van der Waals surface area contributed by atoms with Gasteiger partial charge in [0.1, 0.15) is 0 Å². The van der Waals surface area contributed by atoms with Crippen LogP contribution >= 0.6 is 0 Å². The number of nitrogens with one attached hydrogen (secondary N) is 1. The first-order chi connectivity index (χ1) is 15.0. The van der Waals surface area contributed by atoms with E-state index < -0.39 is 17.8 Å². The standard InChI is InChI=1S/C25H31N3O3/c1-18-6-2-5-9-23(18)28-16-14-27(15-17-28)20-12-10-19(11-13-20)26-24(29)21-7-3-4-8-22(21)25(30)31/h2,5-6,9-13,21-22H,3-4,7-8,14-17H2,1H3,(H,26,29)(H,30,31)/p-1/t21-,22-/m1/s1. The first-order valence-corrected chi connectivity index (χ1v) is 11.2. The third kappa shape index (κ3) is 4.84. The van der Waals surface area contributed by atoms with Crippen LogP contribution in [0.1, 0.15) is 31.2 Å². The Balaban J connectivity index is 1.34. The van der Waals surface area contributed by atoms with Crippen LogP contribution in [0.2, 0.25) is 0 Å². The minimum Gasteiger partial charge on any atom is -0.550 e. The highest BCUT2D eigenvalue weighted by Gasteiger charge is 2.31. The average molecular weight is 421 g/mol. The van der Waals surface area contributed by atoms with Gasteiger partial charge in [-0.3, -0.25) is 4.79 Å². The summed E-state index contributed by atoms with van der Waals surface area (Å²) in [6.07, 6.45) is 2.85. The van der Waals surface area contributed by atoms with Gasteiger partial charge in [0, 0.05) is 61.0 Å². The molecule has 2 aliphatic rings. The molecule has 6 heteroatoms. The van der Waals surface area contributed by atoms with Gasteiger partial charge < -0.3 is 25.0 Å². The monoisotopic (exact) mass is 420 g/mol. The van der Waals surface area contributed by atoms with Crippen molar-refractivity contribution in [3.63, 3.8) is 0 Å². The van der Waals surface area contributed by atoms with Gasteiger partial charge in [0.25, 0.3) is 0 Å². The molecule has 4 rings (SSSR count). The molecule has 1 aliphatic heterocycles. The Hall–Kier alpha value is -3.02. The molecule has 31 heavy (non-hydrogen) atoms. The van der Waals surface area contributed by atoms with Crippen LogP contribution in [0.5, 0.6) is 0 Å². The molecule has 1 heterocycles. The van der Waals surface area contributed by atoms with Gasteiger partial charge in [-0.05, 0) is 55.7 Å². The molecular weight excluding hydrogens is 390 g/mol. The molecule has 1 amide bonds. The van der Waals surface area contributed by atoms with Gasteiger partial charge in [0.15, 0.2) is 0 Å². The van der Waals surface area contributed by atoms with E-state index in [1.807, 2.05) is 24.3 Å². The largest absolute Gasteiger partial charge is 0.550 e. The summed E-state index contributed by atoms with van der Waals surface area (Å²) in [7, 11) is 0. The number of benzene rings is 2. The van der Waals surface area contributed by atoms with Gasteiger partial charge in [-0.2, -0.15) is 0 Å². The van der Waals surface area contributed by atoms with Crippen LogP contribution in [0, 0.1) is 18.8 Å². The highest BCUT2D eigenvalue weighted by atomic mass is 16.4. The Bertz CT molecular complexity index is 920. The fraction of sp³-hybridized carbons (Fsp3) is 0.440. The highest BCUT2D eigenvalue weighted by molar-refractivity contribution is 5.95. The topological polar surface area (TPSA) is 75.7 Å². The average Bonchev–Trinajstić information content (AvgIpc) is 2.80. The molecule has 1 aliphatic carbocycles. The Morgan fingerprint density at radius 3 is 2.13 bits per heavy atom. The Kier molecular flexibility index (Phi) is 6.44. The lowest BCUT2D eigenvalue weighted by Gasteiger charge is -2.38. The van der Waals surface area contributed by atoms with Gasteiger partial charge >= 0.3 is 0 Å². The van der Waals surface area contributed by atoms with Crippen molar-refractivity contribution in [1.29, 1.82) is 0 Å². The summed E-state index contributed by atoms with van der Waals surface area (Å²) in [5.41, 5.74) is 4.44. The van der Waals surface area contributed by atoms with E-state index >= 15 is 0 Å². The van der Waals surface area contributed by atoms with E-state index in [1.165, 1.54) is 11.3 Å². The Morgan fingerprint density at radius 1 is 0.871 bits per heavy atom. The molecule has 0 bridgehead atoms. The normalized spacial score (nSPS) is 21.6. The molecule has 1 saturated heterocycles. The summed E-state index contributed by atoms with van der Waals surface area (Å²) in [4.78, 5) is 28.8. The molecule has 1 N–H and O–H groups in total. The van der Waals surface area contributed by atoms with E-state index in [9.17, 15) is 14.7 Å². The SMILES string of the molecule is Cc1ccccc1N1CCN(c2ccc(NC(=O)[C@@H]3CCCC[C@H]3C(=O)[O-])cc2)CC1. The second kappa shape index (κ2) is 9.41. The third-order valence-electron chi connectivity index (χ3n) is 6.64. The van der Waals surface area contributed by atoms with Crippen molar-refractivity contribution in [1.82, 2.24) is 0 Å². The van der Waals surface area contributed by atoms with Crippen molar-refractivity contribution in [2.24, 2.45) is 11.8 Å². The van der Waals surface area contributed by atoms with E-state index in [2.05, 4.69) is 46.3 Å². The van der Waals surface area contributed by atoms with Crippen LogP contribution in [0.3, 0.4) is 0 Å². The number of rotatable bonds is 5. The predicted molar refractivity (Wildman–Crippen MR) is 121 cm³/mol. The van der Waals surface area contributed by atoms with E-state index in [-0.39, 0.29) is 5.91 Å². The number of hydrogen-bond donors (Lipinski definition) is 1. The van der Waals surface area contributed by atoms with Gasteiger partial charge in [0.05, 0.1) is 0 Å². The minimum absolute atomic E-state index is 0.214. The number of hydrogen-bond acceptors (Lipinski definition) is 5. The molecule has 0 spiro atoms. The van der Waals surface area contributed by atoms with E-state index in [1.54, 1.807) is 0 Å². The van der Waals surface area contributed by atoms with Gasteiger partial charge in [-0.1, -0.05) is 31.0 Å². The maximum Gasteiger partial charge on any atom is 0.228 e. The first kappa shape index (κ1) is 21.2. The number of piperazine rings is 1. The number of anilines is 3. The Morgan fingerprint density at radius 2 is 1.48 bits per heavy atom. The predicted octanol–water partition coefficient (Wildman–Crippen LogP) is 2.82. The number of aryl methyl sites for hydroxylation is 1. The molecule has 0 unspecified atom stereocenters. The maximum atomic E-state index is 12.6. The first-order valence-electron chi connectivity index (χ1n) is 11.2. The fourth-order valence-corrected chi connectivity index (χ4v) is 4.84. The van der Waals surface area contributed by atoms with Crippen molar-refractivity contribution >= 4 is 28.9 Å². The summed E-state index contributed by atoms with van der Waals surface area (Å²) in [5.74, 6) is -2.51. The second-order valence-corrected chi connectivity index (χ2v) is 8.61. The summed E-state index contributed by atoms with van der Waals surface area (Å²) < 4.78 is 0. The van der Waals surface area contributed by atoms with Gasteiger partial charge in [-0.25, -0.2) is 0 Å². The smallest absolute Gasteiger partial charge is 0.228 e. The molecular formula is C25H30N3O3-. The zero-order valence-corrected chi connectivity index (χ0v) is 18.0. The van der Waals surface area contributed by atoms with Crippen LogP contribution in [0.15, 0.2) is 48.5 Å². The lowest BCUT2D eigenvalue weighted by molar-refractivity contribution is -0.313. The van der Waals surface area contributed by atoms with Gasteiger partial charge in [0.2, 0.25) is 5.91 Å². The molecule has 2 aromatic carbocycles. The summed E-state index contributed by atoms with van der Waals surface area (Å²) in [6.45, 7) is 5.97. The summed E-state index contributed by atoms with van der Waals surface area (Å²) >= 11 is 0. The van der Waals surface area contributed by atoms with E-state index in [0.717, 1.165) is 44.7 Å². The van der Waals surface area contributed by atoms with Crippen LogP contribution in [0.25, 0.3) is 0 Å². The van der Waals surface area contributed by atoms with Crippen molar-refractivity contribution in [3.05, 3.63) is 54.1 Å². The van der Waals surface area contributed by atoms with Gasteiger partial charge in [-0.15, -0.1) is 0 Å². The highest BCUT2D eigenvalue weighted by Crippen LogP contribution is 2.31. The van der Waals surface area contributed by atoms with Crippen LogP contribution in [-0.4, -0.2) is 38.1 Å². The molecule has 164 valence electrons. The second-order valence-electron chi connectivity index (χ2n) is 8.61. The van der Waals surface area contributed by atoms with Crippen molar-refractivity contribution in [2.75, 3.05) is 41.3 Å². The number of carbonyl (C=O) groups is 2. The number of amides is 1. The number of nitrogens with zero attached hydrogens (tertiary/aromatic N) is 2. The molecule has 1 saturated carbocycles. The number of carboxylic acid groups (broad SMARTS) is 1. The molecule has 2 aromatic rings. The van der Waals surface area contributed by atoms with Crippen LogP contribution < -0.4 is 20.2 Å². The molecule has 2 fully saturated rings. The number of carboxylic acids is 1. The molecule has 0 radical (unpaired) electrons. The van der Waals surface area contributed by atoms with Crippen LogP contribution in [0.4, 0.5) is 17.1 Å². The maximum absolute atomic E-state index is 12.6. The zero-order valence-electron chi connectivity index (χ0n) is 18.0. The summed E-state index contributed by atoms with van der Waals surface area (Å²) in [5, 5.41) is 14.3. The zero-order chi connectivity index (χ0) is 21.8. The quantitative estimate of drug-likeness (QED) is 0.805. The van der Waals surface area contributed by atoms with Crippen LogP contribution in [-0.2, 0) is 9.59 Å².